The maximum atomic E-state index is 5.63. The van der Waals surface area contributed by atoms with Crippen LogP contribution < -0.4 is 0 Å². The van der Waals surface area contributed by atoms with Crippen LogP contribution in [0.25, 0.3) is 0 Å². The Morgan fingerprint density at radius 2 is 2.18 bits per heavy atom. The van der Waals surface area contributed by atoms with Gasteiger partial charge in [-0.15, -0.1) is 0 Å². The Bertz CT molecular complexity index is 201. The third-order valence-corrected chi connectivity index (χ3v) is 1.99. The van der Waals surface area contributed by atoms with Gasteiger partial charge in [0.25, 0.3) is 0 Å². The van der Waals surface area contributed by atoms with Crippen molar-refractivity contribution in [2.75, 3.05) is 6.54 Å². The van der Waals surface area contributed by atoms with Gasteiger partial charge in [-0.25, -0.2) is 0 Å². The lowest BCUT2D eigenvalue weighted by molar-refractivity contribution is 0.328. The van der Waals surface area contributed by atoms with Crippen LogP contribution in [0.3, 0.4) is 0 Å². The van der Waals surface area contributed by atoms with Crippen molar-refractivity contribution in [3.05, 3.63) is 0 Å². The molecule has 1 atom stereocenters. The first-order chi connectivity index (χ1) is 5.00. The summed E-state index contributed by atoms with van der Waals surface area (Å²) in [6, 6.07) is 0.282. The largest absolute Gasteiger partial charge is 0.284 e. The maximum Gasteiger partial charge on any atom is 0.141 e. The second-order valence-electron chi connectivity index (χ2n) is 3.82. The highest BCUT2D eigenvalue weighted by molar-refractivity contribution is 6.80. The average Bonchev–Trinajstić information content (AvgIpc) is 1.86. The van der Waals surface area contributed by atoms with Gasteiger partial charge in [-0.2, -0.15) is 0 Å². The highest BCUT2D eigenvalue weighted by atomic mass is 35.5. The molecule has 1 heterocycles. The van der Waals surface area contributed by atoms with Crippen LogP contribution in [0.4, 0.5) is 0 Å². The minimum absolute atomic E-state index is 0.192. The van der Waals surface area contributed by atoms with E-state index in [9.17, 15) is 0 Å². The lowest BCUT2D eigenvalue weighted by Crippen LogP contribution is -2.30. The Morgan fingerprint density at radius 3 is 2.55 bits per heavy atom. The molecule has 0 saturated carbocycles. The molecule has 0 bridgehead atoms. The van der Waals surface area contributed by atoms with E-state index in [4.69, 9.17) is 11.6 Å². The fraction of sp³-hybridized carbons (Fsp3) is 0.750. The molecule has 62 valence electrons. The molecule has 3 heteroatoms. The maximum absolute atomic E-state index is 5.63. The van der Waals surface area contributed by atoms with Crippen LogP contribution in [0, 0.1) is 5.41 Å². The van der Waals surface area contributed by atoms with Crippen LogP contribution in [-0.2, 0) is 0 Å². The second-order valence-corrected chi connectivity index (χ2v) is 4.21. The van der Waals surface area contributed by atoms with Crippen LogP contribution in [0.1, 0.15) is 20.8 Å². The van der Waals surface area contributed by atoms with E-state index in [1.165, 1.54) is 0 Å². The van der Waals surface area contributed by atoms with Gasteiger partial charge in [0.2, 0.25) is 0 Å². The molecular formula is C8H13ClN2. The van der Waals surface area contributed by atoms with Gasteiger partial charge in [-0.3, -0.25) is 9.98 Å². The molecule has 0 amide bonds. The van der Waals surface area contributed by atoms with Crippen molar-refractivity contribution in [1.82, 2.24) is 0 Å². The summed E-state index contributed by atoms with van der Waals surface area (Å²) < 4.78 is 0. The van der Waals surface area contributed by atoms with Crippen LogP contribution in [0.15, 0.2) is 9.98 Å². The van der Waals surface area contributed by atoms with Gasteiger partial charge in [0.15, 0.2) is 0 Å². The SMILES string of the molecule is CC(C)(C)C1CN=C(Cl)C=N1. The number of nitrogens with zero attached hydrogens (tertiary/aromatic N) is 2. The fourth-order valence-corrected chi connectivity index (χ4v) is 1.04. The Kier molecular flexibility index (Phi) is 2.33. The lowest BCUT2D eigenvalue weighted by atomic mass is 9.87. The minimum Gasteiger partial charge on any atom is -0.284 e. The molecule has 0 fully saturated rings. The summed E-state index contributed by atoms with van der Waals surface area (Å²) in [5, 5.41) is 0.519. The van der Waals surface area contributed by atoms with Crippen molar-refractivity contribution in [3.8, 4) is 0 Å². The Balaban J connectivity index is 2.63. The van der Waals surface area contributed by atoms with Gasteiger partial charge in [-0.05, 0) is 5.41 Å². The molecule has 0 radical (unpaired) electrons. The summed E-state index contributed by atoms with van der Waals surface area (Å²) in [7, 11) is 0. The van der Waals surface area contributed by atoms with Gasteiger partial charge < -0.3 is 0 Å². The first-order valence-electron chi connectivity index (χ1n) is 3.73. The summed E-state index contributed by atoms with van der Waals surface area (Å²) in [6.07, 6.45) is 1.64. The Hall–Kier alpha value is -0.370. The first-order valence-corrected chi connectivity index (χ1v) is 4.11. The van der Waals surface area contributed by atoms with Gasteiger partial charge in [0, 0.05) is 0 Å². The molecule has 0 spiro atoms. The zero-order chi connectivity index (χ0) is 8.48. The average molecular weight is 173 g/mol. The van der Waals surface area contributed by atoms with E-state index in [0.29, 0.717) is 5.17 Å². The van der Waals surface area contributed by atoms with E-state index in [0.717, 1.165) is 6.54 Å². The Morgan fingerprint density at radius 1 is 1.55 bits per heavy atom. The zero-order valence-corrected chi connectivity index (χ0v) is 7.89. The molecule has 1 aliphatic heterocycles. The standard InChI is InChI=1S/C8H13ClN2/c1-8(2,3)6-4-11-7(9)5-10-6/h5-6H,4H2,1-3H3. The summed E-state index contributed by atoms with van der Waals surface area (Å²) in [5.74, 6) is 0. The van der Waals surface area contributed by atoms with E-state index in [1.807, 2.05) is 0 Å². The summed E-state index contributed by atoms with van der Waals surface area (Å²) in [6.45, 7) is 7.19. The van der Waals surface area contributed by atoms with Gasteiger partial charge in [-0.1, -0.05) is 32.4 Å². The van der Waals surface area contributed by atoms with Crippen molar-refractivity contribution >= 4 is 23.0 Å². The van der Waals surface area contributed by atoms with Crippen LogP contribution in [-0.4, -0.2) is 24.0 Å². The topological polar surface area (TPSA) is 24.7 Å². The second kappa shape index (κ2) is 2.94. The molecule has 0 aromatic rings. The van der Waals surface area contributed by atoms with Crippen LogP contribution in [0.2, 0.25) is 0 Å². The number of rotatable bonds is 0. The predicted octanol–water partition coefficient (Wildman–Crippen LogP) is 2.12. The van der Waals surface area contributed by atoms with Gasteiger partial charge in [0.05, 0.1) is 18.8 Å². The van der Waals surface area contributed by atoms with E-state index < -0.39 is 0 Å². The predicted molar refractivity (Wildman–Crippen MR) is 49.9 cm³/mol. The fourth-order valence-electron chi connectivity index (χ4n) is 0.911. The van der Waals surface area contributed by atoms with Gasteiger partial charge >= 0.3 is 0 Å². The summed E-state index contributed by atoms with van der Waals surface area (Å²) in [4.78, 5) is 8.40. The summed E-state index contributed by atoms with van der Waals surface area (Å²) in [5.41, 5.74) is 0.192. The molecule has 11 heavy (non-hydrogen) atoms. The highest BCUT2D eigenvalue weighted by Crippen LogP contribution is 2.23. The van der Waals surface area contributed by atoms with E-state index in [1.54, 1.807) is 6.21 Å². The van der Waals surface area contributed by atoms with Crippen molar-refractivity contribution in [2.45, 2.75) is 26.8 Å². The zero-order valence-electron chi connectivity index (χ0n) is 7.13. The van der Waals surface area contributed by atoms with Crippen molar-refractivity contribution in [2.24, 2.45) is 15.4 Å². The molecule has 1 aliphatic rings. The molecule has 0 saturated heterocycles. The quantitative estimate of drug-likeness (QED) is 0.535. The first kappa shape index (κ1) is 8.72. The van der Waals surface area contributed by atoms with E-state index in [-0.39, 0.29) is 11.5 Å². The highest BCUT2D eigenvalue weighted by Gasteiger charge is 2.24. The number of hydrogen-bond donors (Lipinski definition) is 0. The van der Waals surface area contributed by atoms with Crippen molar-refractivity contribution < 1.29 is 0 Å². The molecule has 0 N–H and O–H groups in total. The number of hydrogen-bond acceptors (Lipinski definition) is 2. The minimum atomic E-state index is 0.192. The molecule has 1 unspecified atom stereocenters. The van der Waals surface area contributed by atoms with Crippen molar-refractivity contribution in [1.29, 1.82) is 0 Å². The molecular weight excluding hydrogens is 160 g/mol. The van der Waals surface area contributed by atoms with Gasteiger partial charge in [0.1, 0.15) is 5.17 Å². The third-order valence-electron chi connectivity index (χ3n) is 1.78. The molecule has 0 aliphatic carbocycles. The number of aliphatic imine (C=N–C) groups is 2. The lowest BCUT2D eigenvalue weighted by Gasteiger charge is -2.27. The van der Waals surface area contributed by atoms with E-state index >= 15 is 0 Å². The Labute approximate surface area is 72.4 Å². The smallest absolute Gasteiger partial charge is 0.141 e. The van der Waals surface area contributed by atoms with E-state index in [2.05, 4.69) is 30.8 Å². The molecule has 2 nitrogen and oxygen atoms in total. The molecule has 1 rings (SSSR count). The molecule has 0 aromatic carbocycles. The number of halogens is 1. The van der Waals surface area contributed by atoms with Crippen molar-refractivity contribution in [3.63, 3.8) is 0 Å². The molecule has 0 aromatic heterocycles. The third kappa shape index (κ3) is 2.29. The van der Waals surface area contributed by atoms with Crippen LogP contribution >= 0.6 is 11.6 Å². The van der Waals surface area contributed by atoms with Crippen LogP contribution in [0.5, 0.6) is 0 Å². The normalized spacial score (nSPS) is 25.1. The summed E-state index contributed by atoms with van der Waals surface area (Å²) >= 11 is 5.63. The monoisotopic (exact) mass is 172 g/mol.